The summed E-state index contributed by atoms with van der Waals surface area (Å²) in [7, 11) is 0. The van der Waals surface area contributed by atoms with Crippen LogP contribution in [-0.2, 0) is 0 Å². The van der Waals surface area contributed by atoms with E-state index in [9.17, 15) is 0 Å². The minimum atomic E-state index is 0.522. The molecule has 0 bridgehead atoms. The van der Waals surface area contributed by atoms with Crippen LogP contribution in [0.1, 0.15) is 36.6 Å². The van der Waals surface area contributed by atoms with E-state index < -0.39 is 0 Å². The second kappa shape index (κ2) is 6.23. The van der Waals surface area contributed by atoms with Crippen molar-refractivity contribution in [3.05, 3.63) is 72.3 Å². The van der Waals surface area contributed by atoms with Gasteiger partial charge in [-0.05, 0) is 37.0 Å². The summed E-state index contributed by atoms with van der Waals surface area (Å²) in [6.45, 7) is 2.11. The van der Waals surface area contributed by atoms with Gasteiger partial charge in [-0.25, -0.2) is 9.97 Å². The maximum atomic E-state index is 6.26. The number of anilines is 1. The summed E-state index contributed by atoms with van der Waals surface area (Å²) in [6, 6.07) is 17.1. The number of fused-ring (bicyclic) bond motifs is 1. The average Bonchev–Trinajstić information content (AvgIpc) is 3.02. The molecule has 2 heterocycles. The molecule has 1 aliphatic rings. The molecule has 0 radical (unpaired) electrons. The monoisotopic (exact) mass is 354 g/mol. The molecule has 4 aromatic rings. The molecule has 2 aromatic carbocycles. The summed E-state index contributed by atoms with van der Waals surface area (Å²) in [4.78, 5) is 9.35. The Kier molecular flexibility index (Phi) is 3.71. The van der Waals surface area contributed by atoms with Crippen molar-refractivity contribution in [3.63, 3.8) is 0 Å². The Hall–Kier alpha value is -3.14. The second-order valence-electron chi connectivity index (χ2n) is 7.42. The van der Waals surface area contributed by atoms with Crippen LogP contribution >= 0.6 is 0 Å². The van der Waals surface area contributed by atoms with Gasteiger partial charge in [-0.3, -0.25) is 4.40 Å². The molecule has 0 atom stereocenters. The molecule has 1 fully saturated rings. The normalized spacial score (nSPS) is 14.4. The number of hydrogen-bond acceptors (Lipinski definition) is 3. The maximum absolute atomic E-state index is 6.26. The molecule has 134 valence electrons. The third-order valence-electron chi connectivity index (χ3n) is 5.60. The first-order valence-corrected chi connectivity index (χ1v) is 9.50. The first kappa shape index (κ1) is 16.1. The molecule has 0 aliphatic heterocycles. The summed E-state index contributed by atoms with van der Waals surface area (Å²) in [5, 5.41) is 0. The van der Waals surface area contributed by atoms with E-state index in [2.05, 4.69) is 64.8 Å². The maximum Gasteiger partial charge on any atom is 0.150 e. The van der Waals surface area contributed by atoms with Gasteiger partial charge < -0.3 is 5.73 Å². The van der Waals surface area contributed by atoms with E-state index in [0.29, 0.717) is 11.7 Å². The third-order valence-corrected chi connectivity index (χ3v) is 5.60. The third kappa shape index (κ3) is 2.69. The quantitative estimate of drug-likeness (QED) is 0.549. The summed E-state index contributed by atoms with van der Waals surface area (Å²) in [6.07, 6.45) is 7.42. The number of nitrogens with zero attached hydrogens (tertiary/aromatic N) is 3. The largest absolute Gasteiger partial charge is 0.382 e. The van der Waals surface area contributed by atoms with Crippen LogP contribution in [0.25, 0.3) is 27.9 Å². The van der Waals surface area contributed by atoms with E-state index in [4.69, 9.17) is 10.7 Å². The smallest absolute Gasteiger partial charge is 0.150 e. The number of aromatic nitrogens is 3. The predicted molar refractivity (Wildman–Crippen MR) is 110 cm³/mol. The molecule has 0 saturated heterocycles. The molecule has 4 heteroatoms. The van der Waals surface area contributed by atoms with Crippen molar-refractivity contribution in [2.75, 3.05) is 5.73 Å². The fourth-order valence-corrected chi connectivity index (χ4v) is 3.83. The lowest BCUT2D eigenvalue weighted by molar-refractivity contribution is 0.400. The predicted octanol–water partition coefficient (Wildman–Crippen LogP) is 5.22. The highest BCUT2D eigenvalue weighted by Crippen LogP contribution is 2.39. The highest BCUT2D eigenvalue weighted by molar-refractivity contribution is 5.87. The van der Waals surface area contributed by atoms with Crippen molar-refractivity contribution >= 4 is 11.3 Å². The molecule has 1 aliphatic carbocycles. The van der Waals surface area contributed by atoms with E-state index in [1.807, 2.05) is 6.20 Å². The summed E-state index contributed by atoms with van der Waals surface area (Å²) in [5.74, 6) is 2.17. The van der Waals surface area contributed by atoms with Crippen LogP contribution in [0.4, 0.5) is 5.82 Å². The van der Waals surface area contributed by atoms with Crippen LogP contribution < -0.4 is 5.73 Å². The van der Waals surface area contributed by atoms with Crippen molar-refractivity contribution in [1.29, 1.82) is 0 Å². The van der Waals surface area contributed by atoms with Gasteiger partial charge in [0.05, 0.1) is 0 Å². The van der Waals surface area contributed by atoms with Crippen LogP contribution in [0.5, 0.6) is 0 Å². The van der Waals surface area contributed by atoms with Gasteiger partial charge in [0.2, 0.25) is 0 Å². The molecule has 0 spiro atoms. The Morgan fingerprint density at radius 1 is 1.00 bits per heavy atom. The fourth-order valence-electron chi connectivity index (χ4n) is 3.83. The molecule has 5 rings (SSSR count). The van der Waals surface area contributed by atoms with Crippen LogP contribution in [0, 0.1) is 6.92 Å². The SMILES string of the molecule is Cc1ccc(-c2cccc(-c3nc(C4CCC4)n4ccnc(N)c34)c2)cc1. The lowest BCUT2D eigenvalue weighted by atomic mass is 9.85. The molecule has 0 unspecified atom stereocenters. The van der Waals surface area contributed by atoms with Gasteiger partial charge in [-0.15, -0.1) is 0 Å². The van der Waals surface area contributed by atoms with Gasteiger partial charge in [-0.2, -0.15) is 0 Å². The Morgan fingerprint density at radius 2 is 1.78 bits per heavy atom. The molecule has 0 amide bonds. The zero-order valence-corrected chi connectivity index (χ0v) is 15.4. The van der Waals surface area contributed by atoms with Crippen molar-refractivity contribution in [2.45, 2.75) is 32.1 Å². The topological polar surface area (TPSA) is 56.2 Å². The summed E-state index contributed by atoms with van der Waals surface area (Å²) >= 11 is 0. The number of rotatable bonds is 3. The van der Waals surface area contributed by atoms with Gasteiger partial charge in [0.1, 0.15) is 22.9 Å². The first-order valence-electron chi connectivity index (χ1n) is 9.50. The molecule has 2 N–H and O–H groups in total. The molecule has 2 aromatic heterocycles. The standard InChI is InChI=1S/C23H22N4/c1-15-8-10-16(11-9-15)18-6-3-7-19(14-18)20-21-22(24)25-12-13-27(21)23(26-20)17-4-2-5-17/h3,6-14,17H,2,4-5H2,1H3,(H2,24,25). The van der Waals surface area contributed by atoms with Crippen LogP contribution in [0.15, 0.2) is 60.9 Å². The Bertz CT molecular complexity index is 1120. The second-order valence-corrected chi connectivity index (χ2v) is 7.42. The van der Waals surface area contributed by atoms with Crippen molar-refractivity contribution in [3.8, 4) is 22.4 Å². The Balaban J connectivity index is 1.67. The highest BCUT2D eigenvalue weighted by Gasteiger charge is 2.26. The Morgan fingerprint density at radius 3 is 2.52 bits per heavy atom. The van der Waals surface area contributed by atoms with Gasteiger partial charge in [0.15, 0.2) is 0 Å². The van der Waals surface area contributed by atoms with Gasteiger partial charge in [-0.1, -0.05) is 54.4 Å². The van der Waals surface area contributed by atoms with Crippen molar-refractivity contribution in [1.82, 2.24) is 14.4 Å². The van der Waals surface area contributed by atoms with Crippen molar-refractivity contribution in [2.24, 2.45) is 0 Å². The zero-order valence-electron chi connectivity index (χ0n) is 15.4. The Labute approximate surface area is 158 Å². The van der Waals surface area contributed by atoms with E-state index >= 15 is 0 Å². The van der Waals surface area contributed by atoms with Gasteiger partial charge >= 0.3 is 0 Å². The average molecular weight is 354 g/mol. The highest BCUT2D eigenvalue weighted by atomic mass is 15.1. The van der Waals surface area contributed by atoms with E-state index in [1.54, 1.807) is 6.20 Å². The zero-order chi connectivity index (χ0) is 18.4. The van der Waals surface area contributed by atoms with Crippen LogP contribution in [0.3, 0.4) is 0 Å². The molecular formula is C23H22N4. The number of benzene rings is 2. The van der Waals surface area contributed by atoms with Gasteiger partial charge in [0.25, 0.3) is 0 Å². The number of hydrogen-bond donors (Lipinski definition) is 1. The van der Waals surface area contributed by atoms with E-state index in [0.717, 1.165) is 22.6 Å². The minimum absolute atomic E-state index is 0.522. The lowest BCUT2D eigenvalue weighted by Gasteiger charge is -2.23. The number of imidazole rings is 1. The van der Waals surface area contributed by atoms with E-state index in [-0.39, 0.29) is 0 Å². The molecule has 4 nitrogen and oxygen atoms in total. The summed E-state index contributed by atoms with van der Waals surface area (Å²) in [5.41, 5.74) is 12.8. The molecule has 27 heavy (non-hydrogen) atoms. The van der Waals surface area contributed by atoms with E-state index in [1.165, 1.54) is 36.0 Å². The summed E-state index contributed by atoms with van der Waals surface area (Å²) < 4.78 is 2.14. The molecule has 1 saturated carbocycles. The van der Waals surface area contributed by atoms with Crippen LogP contribution in [-0.4, -0.2) is 14.4 Å². The van der Waals surface area contributed by atoms with Gasteiger partial charge in [0, 0.05) is 23.9 Å². The first-order chi connectivity index (χ1) is 13.2. The minimum Gasteiger partial charge on any atom is -0.382 e. The van der Waals surface area contributed by atoms with Crippen LogP contribution in [0.2, 0.25) is 0 Å². The molecular weight excluding hydrogens is 332 g/mol. The number of nitrogens with two attached hydrogens (primary N) is 1. The fraction of sp³-hybridized carbons (Fsp3) is 0.217. The lowest BCUT2D eigenvalue weighted by Crippen LogP contribution is -2.12. The number of nitrogen functional groups attached to an aromatic ring is 1. The van der Waals surface area contributed by atoms with Crippen molar-refractivity contribution < 1.29 is 0 Å². The number of aryl methyl sites for hydroxylation is 1.